The molecule has 2 heterocycles. The summed E-state index contributed by atoms with van der Waals surface area (Å²) in [7, 11) is 0. The highest BCUT2D eigenvalue weighted by molar-refractivity contribution is 5.96. The summed E-state index contributed by atoms with van der Waals surface area (Å²) in [6.07, 6.45) is 10.4. The molecule has 3 rings (SSSR count). The second-order valence-electron chi connectivity index (χ2n) is 5.32. The number of anilines is 1. The first kappa shape index (κ1) is 14.3. The van der Waals surface area contributed by atoms with E-state index in [0.29, 0.717) is 0 Å². The zero-order valence-electron chi connectivity index (χ0n) is 12.2. The van der Waals surface area contributed by atoms with Gasteiger partial charge in [0, 0.05) is 24.6 Å². The molecule has 0 unspecified atom stereocenters. The number of allylic oxidation sites excluding steroid dienone is 3. The Morgan fingerprint density at radius 2 is 2.00 bits per heavy atom. The zero-order valence-corrected chi connectivity index (χ0v) is 12.2. The van der Waals surface area contributed by atoms with Crippen LogP contribution in [0, 0.1) is 4.91 Å². The molecule has 0 aromatic heterocycles. The van der Waals surface area contributed by atoms with Crippen molar-refractivity contribution < 1.29 is 4.79 Å². The summed E-state index contributed by atoms with van der Waals surface area (Å²) in [5.74, 6) is 0.0717. The van der Waals surface area contributed by atoms with Crippen LogP contribution in [0.4, 0.5) is 5.69 Å². The SMILES string of the molecule is O=NC=C1C=CN(CC(=O)N2CCCc3ccccc32)C=C1. The Morgan fingerprint density at radius 1 is 1.23 bits per heavy atom. The molecule has 0 bridgehead atoms. The van der Waals surface area contributed by atoms with Gasteiger partial charge in [-0.15, -0.1) is 4.91 Å². The number of fused-ring (bicyclic) bond motifs is 1. The molecule has 0 saturated carbocycles. The summed E-state index contributed by atoms with van der Waals surface area (Å²) in [6, 6.07) is 8.07. The maximum atomic E-state index is 12.6. The van der Waals surface area contributed by atoms with E-state index in [9.17, 15) is 9.70 Å². The number of nitrogens with zero attached hydrogens (tertiary/aromatic N) is 3. The van der Waals surface area contributed by atoms with Crippen molar-refractivity contribution in [2.45, 2.75) is 12.8 Å². The lowest BCUT2D eigenvalue weighted by atomic mass is 10.0. The average molecular weight is 295 g/mol. The van der Waals surface area contributed by atoms with Crippen molar-refractivity contribution in [3.8, 4) is 0 Å². The molecule has 5 heteroatoms. The Morgan fingerprint density at radius 3 is 2.77 bits per heavy atom. The van der Waals surface area contributed by atoms with Crippen LogP contribution < -0.4 is 4.90 Å². The third-order valence-electron chi connectivity index (χ3n) is 3.85. The van der Waals surface area contributed by atoms with E-state index in [4.69, 9.17) is 0 Å². The molecule has 2 aliphatic heterocycles. The van der Waals surface area contributed by atoms with Crippen molar-refractivity contribution in [1.29, 1.82) is 0 Å². The van der Waals surface area contributed by atoms with E-state index in [0.717, 1.165) is 30.6 Å². The lowest BCUT2D eigenvalue weighted by molar-refractivity contribution is -0.118. The Kier molecular flexibility index (Phi) is 4.14. The normalized spacial score (nSPS) is 16.5. The average Bonchev–Trinajstić information content (AvgIpc) is 2.56. The van der Waals surface area contributed by atoms with Gasteiger partial charge in [0.1, 0.15) is 6.54 Å². The lowest BCUT2D eigenvalue weighted by Gasteiger charge is -2.31. The van der Waals surface area contributed by atoms with Gasteiger partial charge in [0.15, 0.2) is 0 Å². The third-order valence-corrected chi connectivity index (χ3v) is 3.85. The van der Waals surface area contributed by atoms with Crippen LogP contribution in [0.15, 0.2) is 65.8 Å². The van der Waals surface area contributed by atoms with E-state index < -0.39 is 0 Å². The zero-order chi connectivity index (χ0) is 15.4. The molecule has 0 aliphatic carbocycles. The number of rotatable bonds is 3. The molecule has 0 atom stereocenters. The highest BCUT2D eigenvalue weighted by Gasteiger charge is 2.22. The van der Waals surface area contributed by atoms with Crippen molar-refractivity contribution in [1.82, 2.24) is 4.90 Å². The van der Waals surface area contributed by atoms with Crippen molar-refractivity contribution in [3.05, 3.63) is 71.1 Å². The molecule has 1 aromatic carbocycles. The molecule has 22 heavy (non-hydrogen) atoms. The van der Waals surface area contributed by atoms with Crippen molar-refractivity contribution >= 4 is 11.6 Å². The second kappa shape index (κ2) is 6.39. The molecule has 0 fully saturated rings. The highest BCUT2D eigenvalue weighted by Crippen LogP contribution is 2.26. The maximum Gasteiger partial charge on any atom is 0.246 e. The van der Waals surface area contributed by atoms with Crippen LogP contribution in [-0.4, -0.2) is 23.9 Å². The van der Waals surface area contributed by atoms with Gasteiger partial charge in [0.05, 0.1) is 6.20 Å². The van der Waals surface area contributed by atoms with Gasteiger partial charge in [0.2, 0.25) is 5.91 Å². The molecular weight excluding hydrogens is 278 g/mol. The minimum atomic E-state index is 0.0717. The predicted octanol–water partition coefficient (Wildman–Crippen LogP) is 2.96. The van der Waals surface area contributed by atoms with Gasteiger partial charge in [-0.1, -0.05) is 18.2 Å². The van der Waals surface area contributed by atoms with Gasteiger partial charge in [-0.2, -0.15) is 0 Å². The molecule has 112 valence electrons. The fourth-order valence-corrected chi connectivity index (χ4v) is 2.76. The van der Waals surface area contributed by atoms with E-state index in [2.05, 4.69) is 11.2 Å². The number of hydrogen-bond acceptors (Lipinski definition) is 4. The Hall–Kier alpha value is -2.69. The van der Waals surface area contributed by atoms with Gasteiger partial charge < -0.3 is 9.80 Å². The second-order valence-corrected chi connectivity index (χ2v) is 5.32. The fraction of sp³-hybridized carbons (Fsp3) is 0.235. The molecule has 2 aliphatic rings. The number of aryl methyl sites for hydroxylation is 1. The molecule has 1 aromatic rings. The minimum Gasteiger partial charge on any atom is -0.345 e. The van der Waals surface area contributed by atoms with Crippen LogP contribution in [0.1, 0.15) is 12.0 Å². The number of benzene rings is 1. The summed E-state index contributed by atoms with van der Waals surface area (Å²) in [6.45, 7) is 1.04. The van der Waals surface area contributed by atoms with Crippen LogP contribution in [0.5, 0.6) is 0 Å². The summed E-state index contributed by atoms with van der Waals surface area (Å²) < 4.78 is 0. The Balaban J connectivity index is 1.69. The van der Waals surface area contributed by atoms with Gasteiger partial charge in [0.25, 0.3) is 0 Å². The van der Waals surface area contributed by atoms with Crippen LogP contribution in [-0.2, 0) is 11.2 Å². The summed E-state index contributed by atoms with van der Waals surface area (Å²) in [4.78, 5) is 26.4. The van der Waals surface area contributed by atoms with Crippen LogP contribution in [0.25, 0.3) is 0 Å². The van der Waals surface area contributed by atoms with Crippen molar-refractivity contribution in [2.24, 2.45) is 5.18 Å². The first-order chi connectivity index (χ1) is 10.8. The lowest BCUT2D eigenvalue weighted by Crippen LogP contribution is -2.40. The number of hydrogen-bond donors (Lipinski definition) is 0. The summed E-state index contributed by atoms with van der Waals surface area (Å²) in [5.41, 5.74) is 2.98. The van der Waals surface area contributed by atoms with Crippen molar-refractivity contribution in [3.63, 3.8) is 0 Å². The van der Waals surface area contributed by atoms with E-state index in [1.54, 1.807) is 24.6 Å². The largest absolute Gasteiger partial charge is 0.345 e. The van der Waals surface area contributed by atoms with Gasteiger partial charge >= 0.3 is 0 Å². The van der Waals surface area contributed by atoms with Crippen LogP contribution in [0.2, 0.25) is 0 Å². The molecular formula is C17H17N3O2. The molecule has 0 saturated heterocycles. The quantitative estimate of drug-likeness (QED) is 0.806. The maximum absolute atomic E-state index is 12.6. The first-order valence-corrected chi connectivity index (χ1v) is 7.31. The molecule has 5 nitrogen and oxygen atoms in total. The smallest absolute Gasteiger partial charge is 0.246 e. The van der Waals surface area contributed by atoms with Crippen LogP contribution >= 0.6 is 0 Å². The fourth-order valence-electron chi connectivity index (χ4n) is 2.76. The number of nitroso groups, excluding NO2 is 1. The number of carbonyl (C=O) groups is 1. The van der Waals surface area contributed by atoms with Gasteiger partial charge in [-0.25, -0.2) is 0 Å². The number of carbonyl (C=O) groups excluding carboxylic acids is 1. The molecule has 1 amide bonds. The first-order valence-electron chi connectivity index (χ1n) is 7.31. The Bertz CT molecular complexity index is 660. The van der Waals surface area contributed by atoms with E-state index in [1.807, 2.05) is 28.0 Å². The van der Waals surface area contributed by atoms with Crippen molar-refractivity contribution in [2.75, 3.05) is 18.0 Å². The monoisotopic (exact) mass is 295 g/mol. The molecule has 0 spiro atoms. The van der Waals surface area contributed by atoms with E-state index in [1.165, 1.54) is 11.8 Å². The summed E-state index contributed by atoms with van der Waals surface area (Å²) >= 11 is 0. The predicted molar refractivity (Wildman–Crippen MR) is 86.0 cm³/mol. The number of amides is 1. The molecule has 0 radical (unpaired) electrons. The standard InChI is InChI=1S/C17H17N3O2/c21-17(13-19-10-7-14(8-11-19)12-18-22)20-9-3-5-15-4-1-2-6-16(15)20/h1-2,4,6-8,10-12H,3,5,9,13H2. The topological polar surface area (TPSA) is 53.0 Å². The molecule has 0 N–H and O–H groups in total. The minimum absolute atomic E-state index is 0.0717. The number of para-hydroxylation sites is 1. The van der Waals surface area contributed by atoms with E-state index >= 15 is 0 Å². The van der Waals surface area contributed by atoms with Crippen LogP contribution in [0.3, 0.4) is 0 Å². The van der Waals surface area contributed by atoms with Gasteiger partial charge in [-0.3, -0.25) is 4.79 Å². The summed E-state index contributed by atoms with van der Waals surface area (Å²) in [5, 5.41) is 2.74. The highest BCUT2D eigenvalue weighted by atomic mass is 16.2. The third kappa shape index (κ3) is 2.98. The van der Waals surface area contributed by atoms with E-state index in [-0.39, 0.29) is 12.5 Å². The Labute approximate surface area is 129 Å². The van der Waals surface area contributed by atoms with Gasteiger partial charge in [-0.05, 0) is 47.4 Å².